The minimum Gasteiger partial charge on any atom is -0.372 e. The molecule has 1 fully saturated rings. The molecule has 0 saturated carbocycles. The van der Waals surface area contributed by atoms with E-state index in [9.17, 15) is 0 Å². The van der Waals surface area contributed by atoms with E-state index in [1.165, 1.54) is 11.3 Å². The van der Waals surface area contributed by atoms with Crippen LogP contribution in [0.3, 0.4) is 0 Å². The van der Waals surface area contributed by atoms with Crippen LogP contribution in [0.1, 0.15) is 26.3 Å². The molecule has 18 heavy (non-hydrogen) atoms. The first-order valence-electron chi connectivity index (χ1n) is 6.79. The molecule has 0 aromatic heterocycles. The SMILES string of the molecule is CC(N)Cc1ccc(N2CC(C)OC(C)C2)cc1. The summed E-state index contributed by atoms with van der Waals surface area (Å²) in [5, 5.41) is 0. The molecule has 1 aliphatic heterocycles. The summed E-state index contributed by atoms with van der Waals surface area (Å²) in [4.78, 5) is 2.40. The maximum atomic E-state index is 5.81. The highest BCUT2D eigenvalue weighted by molar-refractivity contribution is 5.48. The van der Waals surface area contributed by atoms with Gasteiger partial charge in [0.05, 0.1) is 12.2 Å². The zero-order valence-electron chi connectivity index (χ0n) is 11.6. The van der Waals surface area contributed by atoms with E-state index in [0.717, 1.165) is 19.5 Å². The molecule has 1 aromatic rings. The number of rotatable bonds is 3. The Labute approximate surface area is 110 Å². The normalized spacial score (nSPS) is 26.1. The number of benzene rings is 1. The average Bonchev–Trinajstić information content (AvgIpc) is 2.27. The number of hydrogen-bond acceptors (Lipinski definition) is 3. The molecule has 0 amide bonds. The van der Waals surface area contributed by atoms with Gasteiger partial charge in [0.25, 0.3) is 0 Å². The Morgan fingerprint density at radius 3 is 2.28 bits per heavy atom. The third kappa shape index (κ3) is 3.47. The zero-order chi connectivity index (χ0) is 13.1. The average molecular weight is 248 g/mol. The van der Waals surface area contributed by atoms with Crippen molar-refractivity contribution < 1.29 is 4.74 Å². The second-order valence-corrected chi connectivity index (χ2v) is 5.51. The van der Waals surface area contributed by atoms with Gasteiger partial charge in [-0.1, -0.05) is 12.1 Å². The molecule has 0 aliphatic carbocycles. The molecule has 0 radical (unpaired) electrons. The quantitative estimate of drug-likeness (QED) is 0.891. The Balaban J connectivity index is 2.04. The van der Waals surface area contributed by atoms with Crippen LogP contribution in [0.2, 0.25) is 0 Å². The van der Waals surface area contributed by atoms with Gasteiger partial charge in [-0.05, 0) is 44.9 Å². The number of ether oxygens (including phenoxy) is 1. The Morgan fingerprint density at radius 1 is 1.22 bits per heavy atom. The van der Waals surface area contributed by atoms with Gasteiger partial charge in [0, 0.05) is 24.8 Å². The molecule has 2 N–H and O–H groups in total. The highest BCUT2D eigenvalue weighted by atomic mass is 16.5. The van der Waals surface area contributed by atoms with E-state index in [-0.39, 0.29) is 6.04 Å². The van der Waals surface area contributed by atoms with Crippen molar-refractivity contribution >= 4 is 5.69 Å². The summed E-state index contributed by atoms with van der Waals surface area (Å²) in [6, 6.07) is 8.98. The summed E-state index contributed by atoms with van der Waals surface area (Å²) in [6.07, 6.45) is 1.55. The third-order valence-corrected chi connectivity index (χ3v) is 3.28. The van der Waals surface area contributed by atoms with E-state index in [1.807, 2.05) is 6.92 Å². The lowest BCUT2D eigenvalue weighted by Crippen LogP contribution is -2.45. The van der Waals surface area contributed by atoms with Gasteiger partial charge in [-0.25, -0.2) is 0 Å². The van der Waals surface area contributed by atoms with Crippen molar-refractivity contribution in [2.45, 2.75) is 45.4 Å². The molecule has 3 nitrogen and oxygen atoms in total. The lowest BCUT2D eigenvalue weighted by Gasteiger charge is -2.36. The van der Waals surface area contributed by atoms with E-state index in [0.29, 0.717) is 12.2 Å². The van der Waals surface area contributed by atoms with Crippen LogP contribution in [-0.4, -0.2) is 31.3 Å². The second-order valence-electron chi connectivity index (χ2n) is 5.51. The van der Waals surface area contributed by atoms with Crippen molar-refractivity contribution in [3.63, 3.8) is 0 Å². The summed E-state index contributed by atoms with van der Waals surface area (Å²) in [5.41, 5.74) is 8.41. The monoisotopic (exact) mass is 248 g/mol. The minimum absolute atomic E-state index is 0.222. The molecular formula is C15H24N2O. The molecule has 3 atom stereocenters. The molecule has 1 heterocycles. The summed E-state index contributed by atoms with van der Waals surface area (Å²) >= 11 is 0. The first kappa shape index (κ1) is 13.4. The van der Waals surface area contributed by atoms with Crippen molar-refractivity contribution in [2.75, 3.05) is 18.0 Å². The van der Waals surface area contributed by atoms with E-state index >= 15 is 0 Å². The predicted octanol–water partition coefficient (Wildman–Crippen LogP) is 2.19. The first-order chi connectivity index (χ1) is 8.54. The van der Waals surface area contributed by atoms with Crippen LogP contribution in [0, 0.1) is 0 Å². The lowest BCUT2D eigenvalue weighted by molar-refractivity contribution is -0.00521. The number of nitrogens with two attached hydrogens (primary N) is 1. The number of nitrogens with zero attached hydrogens (tertiary/aromatic N) is 1. The summed E-state index contributed by atoms with van der Waals surface area (Å²) in [5.74, 6) is 0. The molecular weight excluding hydrogens is 224 g/mol. The van der Waals surface area contributed by atoms with Crippen molar-refractivity contribution in [2.24, 2.45) is 5.73 Å². The molecule has 1 saturated heterocycles. The second kappa shape index (κ2) is 5.72. The Hall–Kier alpha value is -1.06. The summed E-state index contributed by atoms with van der Waals surface area (Å²) in [7, 11) is 0. The van der Waals surface area contributed by atoms with Crippen molar-refractivity contribution in [1.29, 1.82) is 0 Å². The molecule has 0 spiro atoms. The van der Waals surface area contributed by atoms with Gasteiger partial charge < -0.3 is 15.4 Å². The van der Waals surface area contributed by atoms with Crippen molar-refractivity contribution in [3.05, 3.63) is 29.8 Å². The molecule has 100 valence electrons. The van der Waals surface area contributed by atoms with Gasteiger partial charge in [-0.2, -0.15) is 0 Å². The topological polar surface area (TPSA) is 38.5 Å². The minimum atomic E-state index is 0.222. The number of anilines is 1. The molecule has 1 aliphatic rings. The predicted molar refractivity (Wildman–Crippen MR) is 76.0 cm³/mol. The van der Waals surface area contributed by atoms with Gasteiger partial charge >= 0.3 is 0 Å². The molecule has 2 rings (SSSR count). The van der Waals surface area contributed by atoms with Crippen LogP contribution in [0.5, 0.6) is 0 Å². The van der Waals surface area contributed by atoms with Crippen LogP contribution in [0.4, 0.5) is 5.69 Å². The van der Waals surface area contributed by atoms with Gasteiger partial charge in [0.1, 0.15) is 0 Å². The molecule has 3 heteroatoms. The Kier molecular flexibility index (Phi) is 4.25. The molecule has 1 aromatic carbocycles. The lowest BCUT2D eigenvalue weighted by atomic mass is 10.1. The van der Waals surface area contributed by atoms with E-state index in [1.54, 1.807) is 0 Å². The number of hydrogen-bond donors (Lipinski definition) is 1. The third-order valence-electron chi connectivity index (χ3n) is 3.28. The number of morpholine rings is 1. The summed E-state index contributed by atoms with van der Waals surface area (Å²) < 4.78 is 5.76. The van der Waals surface area contributed by atoms with E-state index in [2.05, 4.69) is 43.0 Å². The Bertz CT molecular complexity index is 365. The van der Waals surface area contributed by atoms with Crippen LogP contribution in [0.25, 0.3) is 0 Å². The van der Waals surface area contributed by atoms with Crippen molar-refractivity contribution in [3.8, 4) is 0 Å². The fourth-order valence-corrected chi connectivity index (χ4v) is 2.60. The van der Waals surface area contributed by atoms with Gasteiger partial charge in [0.15, 0.2) is 0 Å². The van der Waals surface area contributed by atoms with Gasteiger partial charge in [-0.15, -0.1) is 0 Å². The van der Waals surface area contributed by atoms with Crippen LogP contribution >= 0.6 is 0 Å². The molecule has 0 bridgehead atoms. The highest BCUT2D eigenvalue weighted by Crippen LogP contribution is 2.21. The van der Waals surface area contributed by atoms with Crippen LogP contribution < -0.4 is 10.6 Å². The van der Waals surface area contributed by atoms with Gasteiger partial charge in [-0.3, -0.25) is 0 Å². The van der Waals surface area contributed by atoms with E-state index < -0.39 is 0 Å². The van der Waals surface area contributed by atoms with Crippen molar-refractivity contribution in [1.82, 2.24) is 0 Å². The highest BCUT2D eigenvalue weighted by Gasteiger charge is 2.22. The zero-order valence-corrected chi connectivity index (χ0v) is 11.6. The van der Waals surface area contributed by atoms with Gasteiger partial charge in [0.2, 0.25) is 0 Å². The first-order valence-corrected chi connectivity index (χ1v) is 6.79. The smallest absolute Gasteiger partial charge is 0.0726 e. The Morgan fingerprint density at radius 2 is 1.78 bits per heavy atom. The van der Waals surface area contributed by atoms with Crippen LogP contribution in [-0.2, 0) is 11.2 Å². The fourth-order valence-electron chi connectivity index (χ4n) is 2.60. The van der Waals surface area contributed by atoms with E-state index in [4.69, 9.17) is 10.5 Å². The maximum absolute atomic E-state index is 5.81. The molecule has 3 unspecified atom stereocenters. The van der Waals surface area contributed by atoms with Crippen LogP contribution in [0.15, 0.2) is 24.3 Å². The largest absolute Gasteiger partial charge is 0.372 e. The standard InChI is InChI=1S/C15H24N2O/c1-11(16)8-14-4-6-15(7-5-14)17-9-12(2)18-13(3)10-17/h4-7,11-13H,8-10,16H2,1-3H3. The summed E-state index contributed by atoms with van der Waals surface area (Å²) in [6.45, 7) is 8.24. The maximum Gasteiger partial charge on any atom is 0.0726 e. The fraction of sp³-hybridized carbons (Fsp3) is 0.600.